The van der Waals surface area contributed by atoms with Crippen molar-refractivity contribution >= 4 is 15.7 Å². The van der Waals surface area contributed by atoms with Crippen molar-refractivity contribution in [1.82, 2.24) is 10.2 Å². The van der Waals surface area contributed by atoms with Gasteiger partial charge in [0, 0.05) is 25.3 Å². The predicted octanol–water partition coefficient (Wildman–Crippen LogP) is 0.572. The Morgan fingerprint density at radius 1 is 1.33 bits per heavy atom. The van der Waals surface area contributed by atoms with Gasteiger partial charge in [-0.2, -0.15) is 5.26 Å². The van der Waals surface area contributed by atoms with Crippen LogP contribution in [0.25, 0.3) is 0 Å². The van der Waals surface area contributed by atoms with Gasteiger partial charge in [-0.05, 0) is 19.3 Å². The summed E-state index contributed by atoms with van der Waals surface area (Å²) in [7, 11) is -1.26. The third-order valence-electron chi connectivity index (χ3n) is 4.17. The molecule has 2 aliphatic rings. The lowest BCUT2D eigenvalue weighted by atomic mass is 10.2. The molecule has 7 heteroatoms. The Kier molecular flexibility index (Phi) is 4.88. The smallest absolute Gasteiger partial charge is 0.263 e. The van der Waals surface area contributed by atoms with Gasteiger partial charge in [0.05, 0.1) is 11.5 Å². The van der Waals surface area contributed by atoms with Crippen LogP contribution in [-0.4, -0.2) is 49.9 Å². The summed E-state index contributed by atoms with van der Waals surface area (Å²) in [4.78, 5) is 13.7. The lowest BCUT2D eigenvalue weighted by Gasteiger charge is -2.21. The average molecular weight is 311 g/mol. The number of nitrogens with one attached hydrogen (secondary N) is 1. The number of hydrogen-bond donors (Lipinski definition) is 1. The van der Waals surface area contributed by atoms with Gasteiger partial charge in [-0.1, -0.05) is 12.8 Å². The molecule has 0 aromatic rings. The molecule has 1 N–H and O–H groups in total. The van der Waals surface area contributed by atoms with E-state index in [9.17, 15) is 13.2 Å². The summed E-state index contributed by atoms with van der Waals surface area (Å²) in [6.45, 7) is 0. The van der Waals surface area contributed by atoms with Crippen molar-refractivity contribution in [3.8, 4) is 6.07 Å². The van der Waals surface area contributed by atoms with E-state index in [1.54, 1.807) is 11.9 Å². The highest BCUT2D eigenvalue weighted by Crippen LogP contribution is 2.19. The summed E-state index contributed by atoms with van der Waals surface area (Å²) in [5.74, 6) is -0.105. The minimum Gasteiger partial charge on any atom is -0.375 e. The summed E-state index contributed by atoms with van der Waals surface area (Å²) < 4.78 is 22.9. The van der Waals surface area contributed by atoms with Gasteiger partial charge >= 0.3 is 0 Å². The molecule has 0 bridgehead atoms. The molecule has 1 heterocycles. The molecule has 1 aliphatic carbocycles. The van der Waals surface area contributed by atoms with Gasteiger partial charge in [0.25, 0.3) is 5.91 Å². The van der Waals surface area contributed by atoms with Gasteiger partial charge in [-0.25, -0.2) is 8.42 Å². The van der Waals surface area contributed by atoms with Crippen LogP contribution >= 0.6 is 0 Å². The highest BCUT2D eigenvalue weighted by Gasteiger charge is 2.30. The number of hydrogen-bond acceptors (Lipinski definition) is 5. The summed E-state index contributed by atoms with van der Waals surface area (Å²) in [5, 5.41) is 12.0. The zero-order chi connectivity index (χ0) is 15.5. The standard InChI is InChI=1S/C14H21N3O3S/c1-17(13-6-7-21(19,20)10-13)9-11(8-15)14(18)16-12-4-2-3-5-12/h9,12-13H,2-7,10H2,1H3,(H,16,18)/b11-9-. The van der Waals surface area contributed by atoms with Crippen LogP contribution in [0.2, 0.25) is 0 Å². The minimum absolute atomic E-state index is 0.0358. The monoisotopic (exact) mass is 311 g/mol. The fourth-order valence-electron chi connectivity index (χ4n) is 2.88. The van der Waals surface area contributed by atoms with E-state index in [2.05, 4.69) is 5.32 Å². The van der Waals surface area contributed by atoms with Gasteiger partial charge in [0.1, 0.15) is 11.6 Å². The fourth-order valence-corrected chi connectivity index (χ4v) is 4.66. The Hall–Kier alpha value is -1.55. The first-order valence-corrected chi connectivity index (χ1v) is 9.08. The first-order valence-electron chi connectivity index (χ1n) is 7.26. The molecule has 0 aromatic heterocycles. The number of carbonyl (C=O) groups is 1. The number of amides is 1. The van der Waals surface area contributed by atoms with Crippen LogP contribution in [0.3, 0.4) is 0 Å². The van der Waals surface area contributed by atoms with Gasteiger partial charge in [-0.15, -0.1) is 0 Å². The van der Waals surface area contributed by atoms with E-state index in [1.807, 2.05) is 6.07 Å². The van der Waals surface area contributed by atoms with Crippen molar-refractivity contribution in [3.63, 3.8) is 0 Å². The van der Waals surface area contributed by atoms with Crippen LogP contribution < -0.4 is 5.32 Å². The second-order valence-electron chi connectivity index (χ2n) is 5.83. The van der Waals surface area contributed by atoms with Crippen LogP contribution in [0.4, 0.5) is 0 Å². The maximum absolute atomic E-state index is 12.1. The molecule has 1 unspecified atom stereocenters. The topological polar surface area (TPSA) is 90.3 Å². The highest BCUT2D eigenvalue weighted by molar-refractivity contribution is 7.91. The molecular formula is C14H21N3O3S. The molecule has 116 valence electrons. The predicted molar refractivity (Wildman–Crippen MR) is 78.9 cm³/mol. The van der Waals surface area contributed by atoms with Crippen LogP contribution in [0.5, 0.6) is 0 Å². The molecule has 0 aromatic carbocycles. The Balaban J connectivity index is 1.99. The summed E-state index contributed by atoms with van der Waals surface area (Å²) >= 11 is 0. The molecule has 1 saturated heterocycles. The first-order chi connectivity index (χ1) is 9.91. The molecule has 1 saturated carbocycles. The van der Waals surface area contributed by atoms with E-state index in [1.165, 1.54) is 6.20 Å². The van der Waals surface area contributed by atoms with Crippen molar-refractivity contribution in [1.29, 1.82) is 5.26 Å². The van der Waals surface area contributed by atoms with Crippen molar-refractivity contribution < 1.29 is 13.2 Å². The van der Waals surface area contributed by atoms with Gasteiger partial charge < -0.3 is 10.2 Å². The molecule has 0 spiro atoms. The van der Waals surface area contributed by atoms with Crippen LogP contribution in [0, 0.1) is 11.3 Å². The molecule has 6 nitrogen and oxygen atoms in total. The number of carbonyl (C=O) groups excluding carboxylic acids is 1. The van der Waals surface area contributed by atoms with Gasteiger partial charge in [-0.3, -0.25) is 4.79 Å². The lowest BCUT2D eigenvalue weighted by Crippen LogP contribution is -2.35. The molecule has 1 atom stereocenters. The minimum atomic E-state index is -2.98. The third kappa shape index (κ3) is 4.21. The van der Waals surface area contributed by atoms with Gasteiger partial charge in [0.15, 0.2) is 9.84 Å². The number of nitrogens with zero attached hydrogens (tertiary/aromatic N) is 2. The van der Waals surface area contributed by atoms with E-state index in [0.29, 0.717) is 6.42 Å². The van der Waals surface area contributed by atoms with Crippen LogP contribution in [0.1, 0.15) is 32.1 Å². The lowest BCUT2D eigenvalue weighted by molar-refractivity contribution is -0.117. The summed E-state index contributed by atoms with van der Waals surface area (Å²) in [5.41, 5.74) is 0.0358. The van der Waals surface area contributed by atoms with Crippen LogP contribution in [-0.2, 0) is 14.6 Å². The zero-order valence-electron chi connectivity index (χ0n) is 12.2. The number of rotatable bonds is 4. The average Bonchev–Trinajstić information content (AvgIpc) is 3.04. The van der Waals surface area contributed by atoms with Crippen molar-refractivity contribution in [2.45, 2.75) is 44.2 Å². The quantitative estimate of drug-likeness (QED) is 0.605. The fraction of sp³-hybridized carbons (Fsp3) is 0.714. The van der Waals surface area contributed by atoms with Crippen molar-refractivity contribution in [3.05, 3.63) is 11.8 Å². The molecule has 2 fully saturated rings. The summed E-state index contributed by atoms with van der Waals surface area (Å²) in [6.07, 6.45) is 6.14. The van der Waals surface area contributed by atoms with Crippen LogP contribution in [0.15, 0.2) is 11.8 Å². The zero-order valence-corrected chi connectivity index (χ0v) is 13.0. The van der Waals surface area contributed by atoms with E-state index in [4.69, 9.17) is 5.26 Å². The largest absolute Gasteiger partial charge is 0.375 e. The number of nitriles is 1. The Morgan fingerprint density at radius 2 is 2.00 bits per heavy atom. The van der Waals surface area contributed by atoms with Crippen molar-refractivity contribution in [2.75, 3.05) is 18.6 Å². The summed E-state index contributed by atoms with van der Waals surface area (Å²) in [6, 6.07) is 1.91. The first kappa shape index (κ1) is 15.8. The van der Waals surface area contributed by atoms with Crippen molar-refractivity contribution in [2.24, 2.45) is 0 Å². The second-order valence-corrected chi connectivity index (χ2v) is 8.06. The van der Waals surface area contributed by atoms with E-state index in [0.717, 1.165) is 25.7 Å². The van der Waals surface area contributed by atoms with E-state index in [-0.39, 0.29) is 35.1 Å². The van der Waals surface area contributed by atoms with E-state index < -0.39 is 9.84 Å². The normalized spacial score (nSPS) is 25.5. The molecular weight excluding hydrogens is 290 g/mol. The Bertz CT molecular complexity index is 571. The molecule has 21 heavy (non-hydrogen) atoms. The van der Waals surface area contributed by atoms with Gasteiger partial charge in [0.2, 0.25) is 0 Å². The molecule has 0 radical (unpaired) electrons. The highest BCUT2D eigenvalue weighted by atomic mass is 32.2. The van der Waals surface area contributed by atoms with E-state index >= 15 is 0 Å². The maximum atomic E-state index is 12.1. The molecule has 1 aliphatic heterocycles. The Morgan fingerprint density at radius 3 is 2.52 bits per heavy atom. The third-order valence-corrected chi connectivity index (χ3v) is 5.92. The molecule has 1 amide bonds. The SMILES string of the molecule is CN(/C=C(/C#N)C(=O)NC1CCCC1)C1CCS(=O)(=O)C1. The maximum Gasteiger partial charge on any atom is 0.263 e. The Labute approximate surface area is 125 Å². The second kappa shape index (κ2) is 6.48. The molecule has 2 rings (SSSR count). The number of sulfone groups is 1.